The highest BCUT2D eigenvalue weighted by Crippen LogP contribution is 2.33. The van der Waals surface area contributed by atoms with Gasteiger partial charge in [0, 0.05) is 11.6 Å². The number of nitrogens with zero attached hydrogens (tertiary/aromatic N) is 2. The Morgan fingerprint density at radius 1 is 1.21 bits per heavy atom. The van der Waals surface area contributed by atoms with Crippen LogP contribution in [0.25, 0.3) is 0 Å². The monoisotopic (exact) mass is 268 g/mol. The van der Waals surface area contributed by atoms with Gasteiger partial charge in [-0.25, -0.2) is 0 Å². The van der Waals surface area contributed by atoms with Gasteiger partial charge in [-0.05, 0) is 6.07 Å². The first-order valence-corrected chi connectivity index (χ1v) is 5.20. The summed E-state index contributed by atoms with van der Waals surface area (Å²) in [5.74, 6) is 0.857. The van der Waals surface area contributed by atoms with Gasteiger partial charge in [-0.1, -0.05) is 0 Å². The van der Waals surface area contributed by atoms with Crippen LogP contribution in [0.15, 0.2) is 17.2 Å². The number of ether oxygens (including phenoxy) is 3. The zero-order valence-corrected chi connectivity index (χ0v) is 10.9. The molecule has 0 heterocycles. The smallest absolute Gasteiger partial charge is 0.236 e. The molecule has 4 N–H and O–H groups in total. The van der Waals surface area contributed by atoms with Gasteiger partial charge in [0.25, 0.3) is 0 Å². The number of guanidine groups is 1. The Bertz CT molecular complexity index is 490. The SMILES string of the molecule is COc1cc(OC)c(OC)cc1C=NN(O)C(=N)N. The molecule has 0 aliphatic heterocycles. The van der Waals surface area contributed by atoms with E-state index in [0.29, 0.717) is 22.8 Å². The van der Waals surface area contributed by atoms with Crippen LogP contribution in [0.3, 0.4) is 0 Å². The molecule has 19 heavy (non-hydrogen) atoms. The van der Waals surface area contributed by atoms with Crippen LogP contribution in [0.1, 0.15) is 5.56 Å². The highest BCUT2D eigenvalue weighted by atomic mass is 16.5. The molecule has 0 radical (unpaired) electrons. The molecule has 1 aromatic rings. The van der Waals surface area contributed by atoms with E-state index in [-0.39, 0.29) is 5.17 Å². The van der Waals surface area contributed by atoms with Crippen molar-refractivity contribution in [1.82, 2.24) is 5.17 Å². The summed E-state index contributed by atoms with van der Waals surface area (Å²) < 4.78 is 15.4. The molecule has 0 fully saturated rings. The highest BCUT2D eigenvalue weighted by Gasteiger charge is 2.10. The zero-order valence-electron chi connectivity index (χ0n) is 10.9. The van der Waals surface area contributed by atoms with E-state index >= 15 is 0 Å². The molecule has 0 unspecified atom stereocenters. The van der Waals surface area contributed by atoms with E-state index in [1.807, 2.05) is 0 Å². The number of methoxy groups -OCH3 is 3. The van der Waals surface area contributed by atoms with Gasteiger partial charge in [0.15, 0.2) is 11.5 Å². The molecule has 0 atom stereocenters. The Morgan fingerprint density at radius 3 is 2.21 bits per heavy atom. The van der Waals surface area contributed by atoms with Gasteiger partial charge in [0.1, 0.15) is 5.75 Å². The second-order valence-corrected chi connectivity index (χ2v) is 3.37. The quantitative estimate of drug-likeness (QED) is 0.410. The summed E-state index contributed by atoms with van der Waals surface area (Å²) in [6.07, 6.45) is 1.28. The van der Waals surface area contributed by atoms with Crippen LogP contribution in [0.5, 0.6) is 17.2 Å². The number of hydroxylamine groups is 1. The Morgan fingerprint density at radius 2 is 1.74 bits per heavy atom. The van der Waals surface area contributed by atoms with Gasteiger partial charge in [-0.15, -0.1) is 5.17 Å². The van der Waals surface area contributed by atoms with E-state index in [0.717, 1.165) is 0 Å². The van der Waals surface area contributed by atoms with Gasteiger partial charge in [-0.3, -0.25) is 10.6 Å². The summed E-state index contributed by atoms with van der Waals surface area (Å²) in [6.45, 7) is 0. The van der Waals surface area contributed by atoms with Crippen molar-refractivity contribution in [3.05, 3.63) is 17.7 Å². The third kappa shape index (κ3) is 3.49. The molecular formula is C11H16N4O4. The fraction of sp³-hybridized carbons (Fsp3) is 0.273. The van der Waals surface area contributed by atoms with Crippen LogP contribution in [0.4, 0.5) is 0 Å². The summed E-state index contributed by atoms with van der Waals surface area (Å²) in [4.78, 5) is 0. The topological polar surface area (TPSA) is 113 Å². The molecule has 8 nitrogen and oxygen atoms in total. The number of hydrazone groups is 1. The molecule has 1 aromatic carbocycles. The van der Waals surface area contributed by atoms with Crippen LogP contribution in [-0.2, 0) is 0 Å². The van der Waals surface area contributed by atoms with Gasteiger partial charge >= 0.3 is 0 Å². The van der Waals surface area contributed by atoms with Crippen molar-refractivity contribution in [3.8, 4) is 17.2 Å². The summed E-state index contributed by atoms with van der Waals surface area (Å²) in [7, 11) is 4.50. The van der Waals surface area contributed by atoms with Gasteiger partial charge in [0.05, 0.1) is 27.5 Å². The number of nitrogens with two attached hydrogens (primary N) is 1. The van der Waals surface area contributed by atoms with E-state index in [4.69, 9.17) is 30.6 Å². The second-order valence-electron chi connectivity index (χ2n) is 3.37. The van der Waals surface area contributed by atoms with E-state index in [1.165, 1.54) is 27.5 Å². The maximum Gasteiger partial charge on any atom is 0.236 e. The van der Waals surface area contributed by atoms with Crippen molar-refractivity contribution in [3.63, 3.8) is 0 Å². The average Bonchev–Trinajstić information content (AvgIpc) is 2.43. The molecule has 0 aliphatic rings. The standard InChI is InChI=1S/C11H16N4O4/c1-17-8-5-10(19-3)9(18-2)4-7(8)6-14-15(16)11(12)13/h4-6,16H,1-3H3,(H3,12,13). The van der Waals surface area contributed by atoms with Gasteiger partial charge < -0.3 is 19.9 Å². The largest absolute Gasteiger partial charge is 0.496 e. The highest BCUT2D eigenvalue weighted by molar-refractivity contribution is 5.86. The number of nitrogens with one attached hydrogen (secondary N) is 1. The van der Waals surface area contributed by atoms with E-state index in [2.05, 4.69) is 5.10 Å². The molecule has 104 valence electrons. The molecule has 0 spiro atoms. The number of benzene rings is 1. The van der Waals surface area contributed by atoms with Crippen LogP contribution in [0, 0.1) is 5.41 Å². The Labute approximate surface area is 110 Å². The lowest BCUT2D eigenvalue weighted by Crippen LogP contribution is -2.28. The summed E-state index contributed by atoms with van der Waals surface area (Å²) in [5, 5.41) is 19.9. The third-order valence-corrected chi connectivity index (χ3v) is 2.26. The van der Waals surface area contributed by atoms with Crippen molar-refractivity contribution < 1.29 is 19.4 Å². The normalized spacial score (nSPS) is 10.3. The van der Waals surface area contributed by atoms with Crippen molar-refractivity contribution in [2.45, 2.75) is 0 Å². The van der Waals surface area contributed by atoms with Gasteiger partial charge in [0.2, 0.25) is 5.96 Å². The Balaban J connectivity index is 3.15. The molecule has 0 saturated carbocycles. The minimum atomic E-state index is -0.601. The number of rotatable bonds is 5. The maximum absolute atomic E-state index is 9.17. The average molecular weight is 268 g/mol. The van der Waals surface area contributed by atoms with E-state index < -0.39 is 5.96 Å². The summed E-state index contributed by atoms with van der Waals surface area (Å²) in [5.41, 5.74) is 5.57. The van der Waals surface area contributed by atoms with E-state index in [1.54, 1.807) is 12.1 Å². The molecule has 0 saturated heterocycles. The number of hydrogen-bond donors (Lipinski definition) is 3. The van der Waals surface area contributed by atoms with Crippen LogP contribution in [0.2, 0.25) is 0 Å². The predicted molar refractivity (Wildman–Crippen MR) is 69.2 cm³/mol. The van der Waals surface area contributed by atoms with Crippen molar-refractivity contribution >= 4 is 12.2 Å². The molecule has 0 aromatic heterocycles. The zero-order chi connectivity index (χ0) is 14.4. The molecule has 1 rings (SSSR count). The predicted octanol–water partition coefficient (Wildman–Crippen LogP) is 0.631. The van der Waals surface area contributed by atoms with Crippen LogP contribution < -0.4 is 19.9 Å². The molecule has 0 bridgehead atoms. The Hall–Kier alpha value is -2.48. The fourth-order valence-corrected chi connectivity index (χ4v) is 1.33. The van der Waals surface area contributed by atoms with Crippen molar-refractivity contribution in [2.75, 3.05) is 21.3 Å². The Kier molecular flexibility index (Phi) is 4.95. The minimum absolute atomic E-state index is 0.232. The lowest BCUT2D eigenvalue weighted by atomic mass is 10.2. The molecule has 0 aliphatic carbocycles. The first-order chi connectivity index (χ1) is 9.03. The van der Waals surface area contributed by atoms with Crippen LogP contribution in [-0.4, -0.2) is 43.9 Å². The maximum atomic E-state index is 9.17. The first kappa shape index (κ1) is 14.6. The lowest BCUT2D eigenvalue weighted by molar-refractivity contribution is -0.0139. The summed E-state index contributed by atoms with van der Waals surface area (Å²) in [6, 6.07) is 3.24. The van der Waals surface area contributed by atoms with Crippen LogP contribution >= 0.6 is 0 Å². The minimum Gasteiger partial charge on any atom is -0.496 e. The summed E-state index contributed by atoms with van der Waals surface area (Å²) >= 11 is 0. The molecular weight excluding hydrogens is 252 g/mol. The fourth-order valence-electron chi connectivity index (χ4n) is 1.33. The lowest BCUT2D eigenvalue weighted by Gasteiger charge is -2.12. The number of hydrogen-bond acceptors (Lipinski definition) is 6. The van der Waals surface area contributed by atoms with Crippen molar-refractivity contribution in [2.24, 2.45) is 10.8 Å². The second kappa shape index (κ2) is 6.45. The molecule has 0 amide bonds. The third-order valence-electron chi connectivity index (χ3n) is 2.26. The molecule has 8 heteroatoms. The van der Waals surface area contributed by atoms with Crippen molar-refractivity contribution in [1.29, 1.82) is 5.41 Å². The van der Waals surface area contributed by atoms with E-state index in [9.17, 15) is 0 Å². The van der Waals surface area contributed by atoms with Gasteiger partial charge in [-0.2, -0.15) is 5.10 Å². The first-order valence-electron chi connectivity index (χ1n) is 5.20.